The third kappa shape index (κ3) is 3.27. The van der Waals surface area contributed by atoms with Gasteiger partial charge in [0.15, 0.2) is 0 Å². The summed E-state index contributed by atoms with van der Waals surface area (Å²) in [7, 11) is 0. The summed E-state index contributed by atoms with van der Waals surface area (Å²) in [5.41, 5.74) is -0.738. The summed E-state index contributed by atoms with van der Waals surface area (Å²) in [5, 5.41) is 9.17. The Kier molecular flexibility index (Phi) is 3.95. The van der Waals surface area contributed by atoms with Crippen molar-refractivity contribution in [3.8, 4) is 6.07 Å². The highest BCUT2D eigenvalue weighted by Gasteiger charge is 2.30. The van der Waals surface area contributed by atoms with Crippen LogP contribution in [0.1, 0.15) is 11.1 Å². The van der Waals surface area contributed by atoms with Crippen molar-refractivity contribution >= 4 is 11.8 Å². The molecule has 0 N–H and O–H groups in total. The third-order valence-corrected chi connectivity index (χ3v) is 3.37. The van der Waals surface area contributed by atoms with E-state index in [0.29, 0.717) is 9.92 Å². The lowest BCUT2D eigenvalue weighted by Gasteiger charge is -2.07. The van der Waals surface area contributed by atoms with E-state index in [2.05, 4.69) is 4.98 Å². The van der Waals surface area contributed by atoms with E-state index in [1.54, 1.807) is 0 Å². The minimum absolute atomic E-state index is 0.108. The van der Waals surface area contributed by atoms with Gasteiger partial charge in [-0.1, -0.05) is 11.8 Å². The molecule has 0 spiro atoms. The van der Waals surface area contributed by atoms with Crippen LogP contribution in [0, 0.1) is 17.1 Å². The smallest absolute Gasteiger partial charge is 0.249 e. The van der Waals surface area contributed by atoms with Crippen LogP contribution in [0.2, 0.25) is 0 Å². The maximum absolute atomic E-state index is 13.0. The van der Waals surface area contributed by atoms with Crippen molar-refractivity contribution in [1.82, 2.24) is 4.98 Å². The van der Waals surface area contributed by atoms with E-state index in [9.17, 15) is 17.6 Å². The molecule has 1 aromatic heterocycles. The lowest BCUT2D eigenvalue weighted by atomic mass is 10.2. The van der Waals surface area contributed by atoms with Gasteiger partial charge in [0.25, 0.3) is 0 Å². The molecule has 0 aliphatic rings. The van der Waals surface area contributed by atoms with E-state index in [1.807, 2.05) is 6.07 Å². The zero-order valence-electron chi connectivity index (χ0n) is 9.78. The first-order valence-corrected chi connectivity index (χ1v) is 6.12. The number of hydrogen-bond acceptors (Lipinski definition) is 3. The minimum atomic E-state index is -4.44. The third-order valence-electron chi connectivity index (χ3n) is 2.34. The van der Waals surface area contributed by atoms with Crippen LogP contribution < -0.4 is 0 Å². The molecule has 20 heavy (non-hydrogen) atoms. The van der Waals surface area contributed by atoms with Gasteiger partial charge in [-0.25, -0.2) is 9.37 Å². The molecule has 0 bridgehead atoms. The number of hydrogen-bond donors (Lipinski definition) is 0. The molecule has 0 saturated carbocycles. The molecule has 0 amide bonds. The van der Waals surface area contributed by atoms with Crippen LogP contribution in [0.15, 0.2) is 46.5 Å². The van der Waals surface area contributed by atoms with E-state index in [0.717, 1.165) is 30.1 Å². The topological polar surface area (TPSA) is 36.7 Å². The molecular weight excluding hydrogens is 292 g/mol. The summed E-state index contributed by atoms with van der Waals surface area (Å²) in [6.07, 6.45) is -3.72. The van der Waals surface area contributed by atoms with Crippen LogP contribution in [-0.2, 0) is 6.18 Å². The largest absolute Gasteiger partial charge is 0.417 e. The summed E-state index contributed by atoms with van der Waals surface area (Å²) in [6, 6.07) is 7.56. The standard InChI is InChI=1S/C13H6F4N2S/c14-10-2-3-11(8(5-10)6-18)20-12-4-1-9(7-19-12)13(15,16)17/h1-5,7H. The van der Waals surface area contributed by atoms with E-state index < -0.39 is 17.6 Å². The van der Waals surface area contributed by atoms with Gasteiger partial charge in [0.05, 0.1) is 11.1 Å². The molecule has 0 fully saturated rings. The van der Waals surface area contributed by atoms with Crippen LogP contribution >= 0.6 is 11.8 Å². The molecule has 1 heterocycles. The number of rotatable bonds is 2. The molecule has 1 aromatic carbocycles. The van der Waals surface area contributed by atoms with Gasteiger partial charge in [-0.2, -0.15) is 18.4 Å². The minimum Gasteiger partial charge on any atom is -0.249 e. The first-order valence-electron chi connectivity index (χ1n) is 5.31. The second-order valence-electron chi connectivity index (χ2n) is 3.74. The molecule has 0 radical (unpaired) electrons. The second-order valence-corrected chi connectivity index (χ2v) is 4.80. The van der Waals surface area contributed by atoms with Gasteiger partial charge in [0.1, 0.15) is 16.9 Å². The van der Waals surface area contributed by atoms with Gasteiger partial charge in [-0.3, -0.25) is 0 Å². The number of halogens is 4. The van der Waals surface area contributed by atoms with E-state index in [1.165, 1.54) is 18.2 Å². The highest BCUT2D eigenvalue weighted by Crippen LogP contribution is 2.32. The van der Waals surface area contributed by atoms with Crippen LogP contribution in [-0.4, -0.2) is 4.98 Å². The van der Waals surface area contributed by atoms with E-state index in [4.69, 9.17) is 5.26 Å². The fourth-order valence-electron chi connectivity index (χ4n) is 1.40. The number of alkyl halides is 3. The lowest BCUT2D eigenvalue weighted by molar-refractivity contribution is -0.137. The maximum Gasteiger partial charge on any atom is 0.417 e. The molecule has 0 atom stereocenters. The molecule has 0 aliphatic heterocycles. The fourth-order valence-corrected chi connectivity index (χ4v) is 2.22. The van der Waals surface area contributed by atoms with Crippen LogP contribution in [0.25, 0.3) is 0 Å². The quantitative estimate of drug-likeness (QED) is 0.777. The van der Waals surface area contributed by atoms with Crippen molar-refractivity contribution in [2.75, 3.05) is 0 Å². The first-order chi connectivity index (χ1) is 9.40. The average molecular weight is 298 g/mol. The number of nitrogens with zero attached hydrogens (tertiary/aromatic N) is 2. The molecule has 0 aliphatic carbocycles. The van der Waals surface area contributed by atoms with Gasteiger partial charge in [0.2, 0.25) is 0 Å². The Balaban J connectivity index is 2.25. The summed E-state index contributed by atoms with van der Waals surface area (Å²) >= 11 is 0.999. The van der Waals surface area contributed by atoms with Crippen molar-refractivity contribution < 1.29 is 17.6 Å². The SMILES string of the molecule is N#Cc1cc(F)ccc1Sc1ccc(C(F)(F)F)cn1. The summed E-state index contributed by atoms with van der Waals surface area (Å²) in [5.74, 6) is -0.550. The number of benzene rings is 1. The van der Waals surface area contributed by atoms with E-state index >= 15 is 0 Å². The summed E-state index contributed by atoms with van der Waals surface area (Å²) in [4.78, 5) is 4.11. The zero-order valence-corrected chi connectivity index (χ0v) is 10.6. The number of aromatic nitrogens is 1. The molecule has 2 aromatic rings. The molecule has 0 unspecified atom stereocenters. The molecule has 102 valence electrons. The number of nitriles is 1. The Morgan fingerprint density at radius 1 is 1.15 bits per heavy atom. The highest BCUT2D eigenvalue weighted by atomic mass is 32.2. The molecule has 2 nitrogen and oxygen atoms in total. The summed E-state index contributed by atoms with van der Waals surface area (Å²) in [6.45, 7) is 0. The molecule has 0 saturated heterocycles. The Bertz CT molecular complexity index is 660. The van der Waals surface area contributed by atoms with Crippen molar-refractivity contribution in [3.05, 3.63) is 53.5 Å². The summed E-state index contributed by atoms with van der Waals surface area (Å²) < 4.78 is 50.1. The highest BCUT2D eigenvalue weighted by molar-refractivity contribution is 7.99. The van der Waals surface area contributed by atoms with E-state index in [-0.39, 0.29) is 5.56 Å². The van der Waals surface area contributed by atoms with Crippen molar-refractivity contribution in [3.63, 3.8) is 0 Å². The lowest BCUT2D eigenvalue weighted by Crippen LogP contribution is -2.05. The molecule has 7 heteroatoms. The normalized spacial score (nSPS) is 11.2. The van der Waals surface area contributed by atoms with Gasteiger partial charge in [-0.05, 0) is 30.3 Å². The Hall–Kier alpha value is -2.07. The molecular formula is C13H6F4N2S. The van der Waals surface area contributed by atoms with Gasteiger partial charge < -0.3 is 0 Å². The van der Waals surface area contributed by atoms with Gasteiger partial charge >= 0.3 is 6.18 Å². The maximum atomic E-state index is 13.0. The predicted molar refractivity (Wildman–Crippen MR) is 64.5 cm³/mol. The Morgan fingerprint density at radius 3 is 2.45 bits per heavy atom. The Labute approximate surface area is 116 Å². The van der Waals surface area contributed by atoms with Crippen molar-refractivity contribution in [1.29, 1.82) is 5.26 Å². The first kappa shape index (κ1) is 14.3. The zero-order chi connectivity index (χ0) is 14.8. The van der Waals surface area contributed by atoms with Crippen molar-refractivity contribution in [2.24, 2.45) is 0 Å². The van der Waals surface area contributed by atoms with Gasteiger partial charge in [-0.15, -0.1) is 0 Å². The second kappa shape index (κ2) is 5.51. The number of pyridine rings is 1. The Morgan fingerprint density at radius 2 is 1.90 bits per heavy atom. The van der Waals surface area contributed by atoms with Crippen LogP contribution in [0.5, 0.6) is 0 Å². The fraction of sp³-hybridized carbons (Fsp3) is 0.0769. The monoisotopic (exact) mass is 298 g/mol. The molecule has 2 rings (SSSR count). The van der Waals surface area contributed by atoms with Crippen LogP contribution in [0.3, 0.4) is 0 Å². The predicted octanol–water partition coefficient (Wildman–Crippen LogP) is 4.26. The average Bonchev–Trinajstić information content (AvgIpc) is 2.40. The van der Waals surface area contributed by atoms with Gasteiger partial charge in [0, 0.05) is 11.1 Å². The van der Waals surface area contributed by atoms with Crippen molar-refractivity contribution in [2.45, 2.75) is 16.1 Å². The van der Waals surface area contributed by atoms with Crippen LogP contribution in [0.4, 0.5) is 17.6 Å².